The van der Waals surface area contributed by atoms with E-state index in [-0.39, 0.29) is 5.97 Å². The molecule has 0 saturated heterocycles. The molecule has 0 bridgehead atoms. The fourth-order valence-electron chi connectivity index (χ4n) is 2.38. The molecular formula is C13H19N3O2S. The van der Waals surface area contributed by atoms with Crippen molar-refractivity contribution >= 4 is 17.7 Å². The fraction of sp³-hybridized carbons (Fsp3) is 0.615. The quantitative estimate of drug-likeness (QED) is 0.654. The average molecular weight is 281 g/mol. The van der Waals surface area contributed by atoms with Crippen molar-refractivity contribution in [2.45, 2.75) is 42.1 Å². The third-order valence-electron chi connectivity index (χ3n) is 3.43. The molecule has 2 rings (SSSR count). The number of carbonyl (C=O) groups excluding carboxylic acids is 1. The summed E-state index contributed by atoms with van der Waals surface area (Å²) in [5.74, 6) is -0.144. The van der Waals surface area contributed by atoms with Gasteiger partial charge in [0.1, 0.15) is 5.54 Å². The Bertz CT molecular complexity index is 429. The maximum atomic E-state index is 12.1. The molecule has 0 aromatic carbocycles. The van der Waals surface area contributed by atoms with E-state index in [9.17, 15) is 4.79 Å². The molecule has 5 nitrogen and oxygen atoms in total. The molecule has 1 aromatic rings. The molecule has 1 N–H and O–H groups in total. The van der Waals surface area contributed by atoms with Crippen LogP contribution < -0.4 is 5.32 Å². The first kappa shape index (κ1) is 14.3. The maximum Gasteiger partial charge on any atom is 0.326 e. The van der Waals surface area contributed by atoms with Crippen LogP contribution in [0.1, 0.15) is 26.2 Å². The van der Waals surface area contributed by atoms with Crippen LogP contribution in [0.15, 0.2) is 23.6 Å². The van der Waals surface area contributed by atoms with Crippen LogP contribution in [0, 0.1) is 0 Å². The van der Waals surface area contributed by atoms with Crippen molar-refractivity contribution in [3.05, 3.63) is 18.5 Å². The summed E-state index contributed by atoms with van der Waals surface area (Å²) in [6.45, 7) is 2.25. The lowest BCUT2D eigenvalue weighted by Gasteiger charge is -2.26. The molecule has 6 heteroatoms. The number of likely N-dealkylation sites (N-methyl/N-ethyl adjacent to an activating group) is 1. The van der Waals surface area contributed by atoms with Crippen LogP contribution in [0.5, 0.6) is 0 Å². The van der Waals surface area contributed by atoms with Gasteiger partial charge in [0, 0.05) is 17.6 Å². The summed E-state index contributed by atoms with van der Waals surface area (Å²) in [6.07, 6.45) is 5.99. The molecule has 1 heterocycles. The van der Waals surface area contributed by atoms with Gasteiger partial charge in [-0.2, -0.15) is 0 Å². The second-order valence-electron chi connectivity index (χ2n) is 4.57. The van der Waals surface area contributed by atoms with Crippen LogP contribution in [0.25, 0.3) is 0 Å². The molecule has 1 aliphatic rings. The Morgan fingerprint density at radius 3 is 2.95 bits per heavy atom. The zero-order valence-corrected chi connectivity index (χ0v) is 12.1. The highest BCUT2D eigenvalue weighted by molar-refractivity contribution is 7.99. The van der Waals surface area contributed by atoms with E-state index in [0.29, 0.717) is 11.9 Å². The van der Waals surface area contributed by atoms with Gasteiger partial charge >= 0.3 is 5.97 Å². The molecule has 0 spiro atoms. The summed E-state index contributed by atoms with van der Waals surface area (Å²) >= 11 is 1.63. The Balaban J connectivity index is 1.99. The van der Waals surface area contributed by atoms with Gasteiger partial charge in [-0.25, -0.2) is 9.97 Å². The normalized spacial score (nSPS) is 26.3. The summed E-state index contributed by atoms with van der Waals surface area (Å²) in [6, 6.07) is 1.80. The standard InChI is InChI=1S/C13H19N3O2S/c1-3-18-11(17)13(14-2)6-5-10(9-13)19-12-15-7-4-8-16-12/h4,7-8,10,14H,3,5-6,9H2,1-2H3. The van der Waals surface area contributed by atoms with Crippen molar-refractivity contribution in [1.82, 2.24) is 15.3 Å². The Hall–Kier alpha value is -1.14. The van der Waals surface area contributed by atoms with E-state index in [1.165, 1.54) is 0 Å². The zero-order valence-electron chi connectivity index (χ0n) is 11.3. The number of carbonyl (C=O) groups is 1. The Kier molecular flexibility index (Phi) is 4.76. The van der Waals surface area contributed by atoms with Gasteiger partial charge in [-0.05, 0) is 39.3 Å². The summed E-state index contributed by atoms with van der Waals surface area (Å²) in [4.78, 5) is 20.5. The second-order valence-corrected chi connectivity index (χ2v) is 5.83. The molecule has 1 saturated carbocycles. The molecule has 104 valence electrons. The summed E-state index contributed by atoms with van der Waals surface area (Å²) in [5.41, 5.74) is -0.539. The van der Waals surface area contributed by atoms with Crippen molar-refractivity contribution in [2.24, 2.45) is 0 Å². The summed E-state index contributed by atoms with van der Waals surface area (Å²) < 4.78 is 5.18. The van der Waals surface area contributed by atoms with Crippen LogP contribution >= 0.6 is 11.8 Å². The van der Waals surface area contributed by atoms with E-state index in [2.05, 4.69) is 15.3 Å². The minimum Gasteiger partial charge on any atom is -0.465 e. The van der Waals surface area contributed by atoms with Gasteiger partial charge in [-0.15, -0.1) is 0 Å². The number of rotatable bonds is 5. The molecular weight excluding hydrogens is 262 g/mol. The van der Waals surface area contributed by atoms with Crippen molar-refractivity contribution < 1.29 is 9.53 Å². The van der Waals surface area contributed by atoms with E-state index >= 15 is 0 Å². The van der Waals surface area contributed by atoms with Crippen LogP contribution in [0.3, 0.4) is 0 Å². The topological polar surface area (TPSA) is 64.1 Å². The van der Waals surface area contributed by atoms with E-state index in [0.717, 1.165) is 24.4 Å². The van der Waals surface area contributed by atoms with Gasteiger partial charge in [-0.3, -0.25) is 4.79 Å². The third kappa shape index (κ3) is 3.25. The highest BCUT2D eigenvalue weighted by Gasteiger charge is 2.45. The molecule has 1 fully saturated rings. The van der Waals surface area contributed by atoms with Gasteiger partial charge in [0.15, 0.2) is 5.16 Å². The fourth-order valence-corrected chi connectivity index (χ4v) is 3.52. The van der Waals surface area contributed by atoms with Crippen molar-refractivity contribution in [1.29, 1.82) is 0 Å². The van der Waals surface area contributed by atoms with Crippen molar-refractivity contribution in [3.63, 3.8) is 0 Å². The number of nitrogens with zero attached hydrogens (tertiary/aromatic N) is 2. The second kappa shape index (κ2) is 6.34. The first-order chi connectivity index (χ1) is 9.20. The Morgan fingerprint density at radius 2 is 2.32 bits per heavy atom. The van der Waals surface area contributed by atoms with Crippen LogP contribution in [0.2, 0.25) is 0 Å². The molecule has 19 heavy (non-hydrogen) atoms. The predicted octanol–water partition coefficient (Wildman–Crippen LogP) is 1.64. The van der Waals surface area contributed by atoms with Crippen molar-refractivity contribution in [2.75, 3.05) is 13.7 Å². The van der Waals surface area contributed by atoms with Gasteiger partial charge in [-0.1, -0.05) is 11.8 Å². The summed E-state index contributed by atoms with van der Waals surface area (Å²) in [7, 11) is 1.82. The molecule has 2 atom stereocenters. The number of ether oxygens (including phenoxy) is 1. The van der Waals surface area contributed by atoms with Crippen molar-refractivity contribution in [3.8, 4) is 0 Å². The zero-order chi connectivity index (χ0) is 13.7. The molecule has 1 aliphatic carbocycles. The van der Waals surface area contributed by atoms with E-state index < -0.39 is 5.54 Å². The first-order valence-corrected chi connectivity index (χ1v) is 7.38. The molecule has 0 radical (unpaired) electrons. The largest absolute Gasteiger partial charge is 0.465 e. The number of esters is 1. The minimum atomic E-state index is -0.539. The summed E-state index contributed by atoms with van der Waals surface area (Å²) in [5, 5.41) is 4.26. The van der Waals surface area contributed by atoms with Crippen LogP contribution in [-0.2, 0) is 9.53 Å². The number of thioether (sulfide) groups is 1. The van der Waals surface area contributed by atoms with Gasteiger partial charge in [0.05, 0.1) is 6.61 Å². The van der Waals surface area contributed by atoms with E-state index in [4.69, 9.17) is 4.74 Å². The molecule has 0 amide bonds. The minimum absolute atomic E-state index is 0.144. The number of nitrogens with one attached hydrogen (secondary N) is 1. The molecule has 1 aromatic heterocycles. The highest BCUT2D eigenvalue weighted by atomic mass is 32.2. The van der Waals surface area contributed by atoms with E-state index in [1.807, 2.05) is 14.0 Å². The first-order valence-electron chi connectivity index (χ1n) is 6.50. The van der Waals surface area contributed by atoms with Crippen LogP contribution in [0.4, 0.5) is 0 Å². The number of hydrogen-bond donors (Lipinski definition) is 1. The molecule has 2 unspecified atom stereocenters. The van der Waals surface area contributed by atoms with Gasteiger partial charge < -0.3 is 10.1 Å². The number of hydrogen-bond acceptors (Lipinski definition) is 6. The van der Waals surface area contributed by atoms with Crippen LogP contribution in [-0.4, -0.2) is 40.4 Å². The highest BCUT2D eigenvalue weighted by Crippen LogP contribution is 2.39. The SMILES string of the molecule is CCOC(=O)C1(NC)CCC(Sc2ncccn2)C1. The van der Waals surface area contributed by atoms with E-state index in [1.54, 1.807) is 30.2 Å². The Labute approximate surface area is 117 Å². The third-order valence-corrected chi connectivity index (χ3v) is 4.59. The maximum absolute atomic E-state index is 12.1. The Morgan fingerprint density at radius 1 is 1.58 bits per heavy atom. The smallest absolute Gasteiger partial charge is 0.326 e. The number of aromatic nitrogens is 2. The lowest BCUT2D eigenvalue weighted by atomic mass is 9.98. The lowest BCUT2D eigenvalue weighted by molar-refractivity contribution is -0.150. The molecule has 0 aliphatic heterocycles. The predicted molar refractivity (Wildman–Crippen MR) is 74.0 cm³/mol. The van der Waals surface area contributed by atoms with Gasteiger partial charge in [0.25, 0.3) is 0 Å². The van der Waals surface area contributed by atoms with Gasteiger partial charge in [0.2, 0.25) is 0 Å². The monoisotopic (exact) mass is 281 g/mol. The lowest BCUT2D eigenvalue weighted by Crippen LogP contribution is -2.49. The average Bonchev–Trinajstić information content (AvgIpc) is 2.85.